The van der Waals surface area contributed by atoms with Gasteiger partial charge in [-0.3, -0.25) is 4.79 Å². The van der Waals surface area contributed by atoms with Crippen LogP contribution in [-0.2, 0) is 27.9 Å². The molecule has 0 unspecified atom stereocenters. The number of ether oxygens (including phenoxy) is 1. The number of hydrogen-bond acceptors (Lipinski definition) is 5. The Kier molecular flexibility index (Phi) is 7.05. The van der Waals surface area contributed by atoms with E-state index in [9.17, 15) is 13.2 Å². The minimum atomic E-state index is -3.66. The molecule has 0 radical (unpaired) electrons. The molecule has 0 atom stereocenters. The third-order valence-electron chi connectivity index (χ3n) is 4.28. The van der Waals surface area contributed by atoms with Crippen LogP contribution in [0.1, 0.15) is 16.9 Å². The van der Waals surface area contributed by atoms with Crippen LogP contribution in [0.15, 0.2) is 82.3 Å². The molecule has 2 N–H and O–H groups in total. The Labute approximate surface area is 175 Å². The molecule has 0 spiro atoms. The van der Waals surface area contributed by atoms with Gasteiger partial charge in [0.1, 0.15) is 11.5 Å². The largest absolute Gasteiger partial charge is 0.496 e. The summed E-state index contributed by atoms with van der Waals surface area (Å²) in [6.07, 6.45) is 4.50. The molecule has 0 bridgehead atoms. The first kappa shape index (κ1) is 21.4. The van der Waals surface area contributed by atoms with Crippen molar-refractivity contribution in [1.29, 1.82) is 0 Å². The van der Waals surface area contributed by atoms with Crippen molar-refractivity contribution in [2.24, 2.45) is 0 Å². The Morgan fingerprint density at radius 1 is 1.03 bits per heavy atom. The molecule has 156 valence electrons. The maximum Gasteiger partial charge on any atom is 0.244 e. The van der Waals surface area contributed by atoms with E-state index in [2.05, 4.69) is 10.0 Å². The van der Waals surface area contributed by atoms with E-state index in [1.165, 1.54) is 24.5 Å². The fourth-order valence-electron chi connectivity index (χ4n) is 2.68. The molecule has 1 heterocycles. The molecule has 0 aliphatic heterocycles. The highest BCUT2D eigenvalue weighted by Crippen LogP contribution is 2.17. The summed E-state index contributed by atoms with van der Waals surface area (Å²) in [5.41, 5.74) is 1.57. The molecule has 0 saturated heterocycles. The minimum Gasteiger partial charge on any atom is -0.496 e. The Hall–Kier alpha value is -3.36. The fourth-order valence-corrected chi connectivity index (χ4v) is 3.68. The third kappa shape index (κ3) is 5.82. The van der Waals surface area contributed by atoms with Crippen molar-refractivity contribution in [3.8, 4) is 5.75 Å². The number of amides is 1. The second-order valence-electron chi connectivity index (χ2n) is 6.34. The first-order valence-electron chi connectivity index (χ1n) is 9.18. The summed E-state index contributed by atoms with van der Waals surface area (Å²) in [7, 11) is -2.08. The molecular formula is C22H22N2O5S. The number of para-hydroxylation sites is 1. The van der Waals surface area contributed by atoms with Crippen LogP contribution < -0.4 is 14.8 Å². The zero-order chi connectivity index (χ0) is 21.4. The molecular weight excluding hydrogens is 404 g/mol. The standard InChI is InChI=1S/C22H22N2O5S/c1-28-21-7-3-2-5-18(21)15-23-22(25)13-10-17-8-11-20(12-9-17)30(26,27)24-16-19-6-4-14-29-19/h2-14,24H,15-16H2,1H3,(H,23,25)/b13-10+. The smallest absolute Gasteiger partial charge is 0.244 e. The van der Waals surface area contributed by atoms with Gasteiger partial charge in [-0.15, -0.1) is 0 Å². The molecule has 0 saturated carbocycles. The van der Waals surface area contributed by atoms with E-state index < -0.39 is 10.0 Å². The van der Waals surface area contributed by atoms with Crippen LogP contribution in [0.2, 0.25) is 0 Å². The fraction of sp³-hybridized carbons (Fsp3) is 0.136. The molecule has 0 aliphatic rings. The highest BCUT2D eigenvalue weighted by Gasteiger charge is 2.14. The summed E-state index contributed by atoms with van der Waals surface area (Å²) in [5, 5.41) is 2.79. The zero-order valence-corrected chi connectivity index (χ0v) is 17.2. The van der Waals surface area contributed by atoms with E-state index in [4.69, 9.17) is 9.15 Å². The Morgan fingerprint density at radius 2 is 1.80 bits per heavy atom. The normalized spacial score (nSPS) is 11.5. The van der Waals surface area contributed by atoms with Crippen molar-refractivity contribution in [2.45, 2.75) is 18.0 Å². The van der Waals surface area contributed by atoms with Gasteiger partial charge in [0, 0.05) is 18.2 Å². The summed E-state index contributed by atoms with van der Waals surface area (Å²) in [4.78, 5) is 12.2. The van der Waals surface area contributed by atoms with Gasteiger partial charge in [0.25, 0.3) is 0 Å². The molecule has 2 aromatic carbocycles. The first-order valence-corrected chi connectivity index (χ1v) is 10.7. The van der Waals surface area contributed by atoms with Crippen LogP contribution in [0.3, 0.4) is 0 Å². The van der Waals surface area contributed by atoms with Gasteiger partial charge in [0.05, 0.1) is 24.8 Å². The lowest BCUT2D eigenvalue weighted by molar-refractivity contribution is -0.116. The Balaban J connectivity index is 1.55. The number of carbonyl (C=O) groups excluding carboxylic acids is 1. The number of furan rings is 1. The zero-order valence-electron chi connectivity index (χ0n) is 16.4. The number of sulfonamides is 1. The SMILES string of the molecule is COc1ccccc1CNC(=O)/C=C/c1ccc(S(=O)(=O)NCc2ccco2)cc1. The summed E-state index contributed by atoms with van der Waals surface area (Å²) < 4.78 is 37.5. The van der Waals surface area contributed by atoms with E-state index in [-0.39, 0.29) is 17.3 Å². The van der Waals surface area contributed by atoms with E-state index in [1.807, 2.05) is 24.3 Å². The number of rotatable bonds is 9. The molecule has 1 amide bonds. The monoisotopic (exact) mass is 426 g/mol. The van der Waals surface area contributed by atoms with Crippen molar-refractivity contribution in [2.75, 3.05) is 7.11 Å². The molecule has 7 nitrogen and oxygen atoms in total. The predicted octanol–water partition coefficient (Wildman–Crippen LogP) is 3.10. The molecule has 3 aromatic rings. The van der Waals surface area contributed by atoms with Crippen molar-refractivity contribution in [3.63, 3.8) is 0 Å². The molecule has 30 heavy (non-hydrogen) atoms. The van der Waals surface area contributed by atoms with E-state index >= 15 is 0 Å². The van der Waals surface area contributed by atoms with Gasteiger partial charge in [0.2, 0.25) is 15.9 Å². The van der Waals surface area contributed by atoms with Crippen LogP contribution in [0, 0.1) is 0 Å². The van der Waals surface area contributed by atoms with Crippen molar-refractivity contribution in [3.05, 3.63) is 89.9 Å². The highest BCUT2D eigenvalue weighted by atomic mass is 32.2. The highest BCUT2D eigenvalue weighted by molar-refractivity contribution is 7.89. The van der Waals surface area contributed by atoms with Crippen LogP contribution in [0.25, 0.3) is 6.08 Å². The summed E-state index contributed by atoms with van der Waals surface area (Å²) in [6, 6.07) is 17.1. The molecule has 0 fully saturated rings. The lowest BCUT2D eigenvalue weighted by atomic mass is 10.2. The summed E-state index contributed by atoms with van der Waals surface area (Å²) in [5.74, 6) is 0.967. The van der Waals surface area contributed by atoms with Gasteiger partial charge in [-0.05, 0) is 42.0 Å². The number of methoxy groups -OCH3 is 1. The maximum absolute atomic E-state index is 12.3. The number of benzene rings is 2. The molecule has 8 heteroatoms. The summed E-state index contributed by atoms with van der Waals surface area (Å²) in [6.45, 7) is 0.412. The average molecular weight is 426 g/mol. The second kappa shape index (κ2) is 9.91. The number of hydrogen-bond donors (Lipinski definition) is 2. The molecule has 1 aromatic heterocycles. The first-order chi connectivity index (χ1) is 14.5. The average Bonchev–Trinajstić information content (AvgIpc) is 3.29. The van der Waals surface area contributed by atoms with Crippen LogP contribution in [-0.4, -0.2) is 21.4 Å². The van der Waals surface area contributed by atoms with E-state index in [0.717, 1.165) is 5.56 Å². The quantitative estimate of drug-likeness (QED) is 0.513. The van der Waals surface area contributed by atoms with Crippen molar-refractivity contribution in [1.82, 2.24) is 10.0 Å². The van der Waals surface area contributed by atoms with Gasteiger partial charge in [-0.2, -0.15) is 0 Å². The van der Waals surface area contributed by atoms with Gasteiger partial charge in [-0.25, -0.2) is 13.1 Å². The van der Waals surface area contributed by atoms with Gasteiger partial charge in [-0.1, -0.05) is 30.3 Å². The van der Waals surface area contributed by atoms with Crippen LogP contribution in [0.4, 0.5) is 0 Å². The lowest BCUT2D eigenvalue weighted by Gasteiger charge is -2.08. The Morgan fingerprint density at radius 3 is 2.50 bits per heavy atom. The number of carbonyl (C=O) groups is 1. The minimum absolute atomic E-state index is 0.0728. The predicted molar refractivity (Wildman–Crippen MR) is 113 cm³/mol. The summed E-state index contributed by atoms with van der Waals surface area (Å²) >= 11 is 0. The van der Waals surface area contributed by atoms with Gasteiger partial charge >= 0.3 is 0 Å². The van der Waals surface area contributed by atoms with Crippen molar-refractivity contribution >= 4 is 22.0 Å². The molecule has 0 aliphatic carbocycles. The van der Waals surface area contributed by atoms with Crippen LogP contribution in [0.5, 0.6) is 5.75 Å². The van der Waals surface area contributed by atoms with Crippen molar-refractivity contribution < 1.29 is 22.4 Å². The van der Waals surface area contributed by atoms with Gasteiger partial charge in [0.15, 0.2) is 0 Å². The van der Waals surface area contributed by atoms with E-state index in [0.29, 0.717) is 23.6 Å². The van der Waals surface area contributed by atoms with Crippen LogP contribution >= 0.6 is 0 Å². The van der Waals surface area contributed by atoms with E-state index in [1.54, 1.807) is 37.5 Å². The van der Waals surface area contributed by atoms with Gasteiger partial charge < -0.3 is 14.5 Å². The lowest BCUT2D eigenvalue weighted by Crippen LogP contribution is -2.22. The topological polar surface area (TPSA) is 97.6 Å². The number of nitrogens with one attached hydrogen (secondary N) is 2. The second-order valence-corrected chi connectivity index (χ2v) is 8.10. The Bertz CT molecular complexity index is 1100. The molecule has 3 rings (SSSR count). The maximum atomic E-state index is 12.3. The third-order valence-corrected chi connectivity index (χ3v) is 5.70.